The highest BCUT2D eigenvalue weighted by Crippen LogP contribution is 2.27. The second kappa shape index (κ2) is 5.45. The topological polar surface area (TPSA) is 43.9 Å². The molecule has 0 spiro atoms. The fourth-order valence-electron chi connectivity index (χ4n) is 2.44. The summed E-state index contributed by atoms with van der Waals surface area (Å²) in [6, 6.07) is 10.1. The molecule has 4 nitrogen and oxygen atoms in total. The first-order valence-electron chi connectivity index (χ1n) is 7.03. The van der Waals surface area contributed by atoms with E-state index in [4.69, 9.17) is 10.8 Å². The highest BCUT2D eigenvalue weighted by molar-refractivity contribution is 5.85. The molecule has 0 amide bonds. The first kappa shape index (κ1) is 13.4. The van der Waals surface area contributed by atoms with Gasteiger partial charge in [0.25, 0.3) is 5.89 Å². The van der Waals surface area contributed by atoms with Gasteiger partial charge in [-0.3, -0.25) is 0 Å². The molecule has 0 fully saturated rings. The molecule has 0 N–H and O–H groups in total. The lowest BCUT2D eigenvalue weighted by atomic mass is 10.1. The van der Waals surface area contributed by atoms with Crippen molar-refractivity contribution in [3.05, 3.63) is 36.2 Å². The molecule has 0 aliphatic rings. The summed E-state index contributed by atoms with van der Waals surface area (Å²) in [5, 5.41) is 9.41. The summed E-state index contributed by atoms with van der Waals surface area (Å²) >= 11 is 0. The van der Waals surface area contributed by atoms with Gasteiger partial charge < -0.3 is 8.98 Å². The zero-order valence-electron chi connectivity index (χ0n) is 12.2. The molecule has 0 radical (unpaired) electrons. The molecule has 1 aromatic carbocycles. The first-order valence-corrected chi connectivity index (χ1v) is 7.03. The van der Waals surface area contributed by atoms with Crippen molar-refractivity contribution in [3.8, 4) is 23.9 Å². The molecule has 0 aliphatic heterocycles. The van der Waals surface area contributed by atoms with Crippen LogP contribution in [-0.2, 0) is 13.0 Å². The van der Waals surface area contributed by atoms with Gasteiger partial charge in [-0.2, -0.15) is 0 Å². The summed E-state index contributed by atoms with van der Waals surface area (Å²) in [6.45, 7) is 4.73. The van der Waals surface area contributed by atoms with Gasteiger partial charge in [-0.1, -0.05) is 38.0 Å². The Labute approximate surface area is 123 Å². The minimum atomic E-state index is 0.477. The van der Waals surface area contributed by atoms with Crippen LogP contribution in [0, 0.1) is 18.3 Å². The lowest BCUT2D eigenvalue weighted by Crippen LogP contribution is -1.97. The van der Waals surface area contributed by atoms with Crippen molar-refractivity contribution in [2.45, 2.75) is 26.8 Å². The maximum Gasteiger partial charge on any atom is 0.264 e. The Morgan fingerprint density at radius 2 is 2.10 bits per heavy atom. The number of hydrogen-bond acceptors (Lipinski definition) is 3. The molecule has 4 heteroatoms. The van der Waals surface area contributed by atoms with Gasteiger partial charge in [0, 0.05) is 17.3 Å². The molecule has 3 rings (SSSR count). The van der Waals surface area contributed by atoms with E-state index in [1.165, 1.54) is 0 Å². The Hall–Kier alpha value is -2.54. The van der Waals surface area contributed by atoms with E-state index < -0.39 is 0 Å². The molecule has 0 bridgehead atoms. The Morgan fingerprint density at radius 1 is 1.29 bits per heavy atom. The lowest BCUT2D eigenvalue weighted by Gasteiger charge is -2.03. The Balaban J connectivity index is 2.09. The molecule has 106 valence electrons. The number of benzene rings is 1. The lowest BCUT2D eigenvalue weighted by molar-refractivity contribution is 0.464. The molecule has 0 saturated heterocycles. The molecule has 0 saturated carbocycles. The summed E-state index contributed by atoms with van der Waals surface area (Å²) < 4.78 is 7.82. The van der Waals surface area contributed by atoms with E-state index >= 15 is 0 Å². The Kier molecular flexibility index (Phi) is 3.49. The van der Waals surface area contributed by atoms with Crippen LogP contribution >= 0.6 is 0 Å². The van der Waals surface area contributed by atoms with Crippen LogP contribution in [-0.4, -0.2) is 14.8 Å². The Bertz CT molecular complexity index is 805. The standard InChI is InChI=1S/C17H17N3O/c1-4-9-20-14-8-6-5-7-13(14)11-15(20)17-19-18-16(21-17)10-12(2)3/h1,5-8,11-12H,9-10H2,2-3H3. The van der Waals surface area contributed by atoms with Crippen molar-refractivity contribution in [2.24, 2.45) is 5.92 Å². The van der Waals surface area contributed by atoms with Crippen LogP contribution in [0.15, 0.2) is 34.7 Å². The van der Waals surface area contributed by atoms with Crippen molar-refractivity contribution in [2.75, 3.05) is 0 Å². The third-order valence-electron chi connectivity index (χ3n) is 3.33. The van der Waals surface area contributed by atoms with E-state index in [9.17, 15) is 0 Å². The SMILES string of the molecule is C#CCn1c(-c2nnc(CC(C)C)o2)cc2ccccc21. The van der Waals surface area contributed by atoms with Gasteiger partial charge in [0.1, 0.15) is 5.69 Å². The minimum Gasteiger partial charge on any atom is -0.419 e. The largest absolute Gasteiger partial charge is 0.419 e. The molecule has 2 aromatic heterocycles. The third-order valence-corrected chi connectivity index (χ3v) is 3.33. The summed E-state index contributed by atoms with van der Waals surface area (Å²) in [4.78, 5) is 0. The van der Waals surface area contributed by atoms with Crippen LogP contribution in [0.25, 0.3) is 22.5 Å². The van der Waals surface area contributed by atoms with E-state index in [1.807, 2.05) is 28.8 Å². The second-order valence-electron chi connectivity index (χ2n) is 5.48. The molecular formula is C17H17N3O. The predicted octanol–water partition coefficient (Wildman–Crippen LogP) is 3.52. The second-order valence-corrected chi connectivity index (χ2v) is 5.48. The zero-order chi connectivity index (χ0) is 14.8. The van der Waals surface area contributed by atoms with Gasteiger partial charge in [0.15, 0.2) is 0 Å². The van der Waals surface area contributed by atoms with E-state index in [0.29, 0.717) is 24.2 Å². The smallest absolute Gasteiger partial charge is 0.264 e. The van der Waals surface area contributed by atoms with Crippen molar-refractivity contribution in [1.29, 1.82) is 0 Å². The van der Waals surface area contributed by atoms with Crippen LogP contribution in [0.5, 0.6) is 0 Å². The molecule has 2 heterocycles. The summed E-state index contributed by atoms with van der Waals surface area (Å²) in [7, 11) is 0. The monoisotopic (exact) mass is 279 g/mol. The fraction of sp³-hybridized carbons (Fsp3) is 0.294. The van der Waals surface area contributed by atoms with Crippen LogP contribution < -0.4 is 0 Å². The number of nitrogens with zero attached hydrogens (tertiary/aromatic N) is 3. The van der Waals surface area contributed by atoms with Gasteiger partial charge >= 0.3 is 0 Å². The first-order chi connectivity index (χ1) is 10.2. The van der Waals surface area contributed by atoms with Gasteiger partial charge in [0.2, 0.25) is 5.89 Å². The Morgan fingerprint density at radius 3 is 2.86 bits per heavy atom. The predicted molar refractivity (Wildman–Crippen MR) is 82.6 cm³/mol. The van der Waals surface area contributed by atoms with E-state index in [0.717, 1.165) is 23.0 Å². The number of aromatic nitrogens is 3. The highest BCUT2D eigenvalue weighted by atomic mass is 16.4. The number of terminal acetylenes is 1. The van der Waals surface area contributed by atoms with Crippen LogP contribution in [0.2, 0.25) is 0 Å². The zero-order valence-corrected chi connectivity index (χ0v) is 12.2. The molecule has 0 unspecified atom stereocenters. The molecule has 0 atom stereocenters. The van der Waals surface area contributed by atoms with E-state index in [-0.39, 0.29) is 0 Å². The van der Waals surface area contributed by atoms with Crippen molar-refractivity contribution in [1.82, 2.24) is 14.8 Å². The summed E-state index contributed by atoms with van der Waals surface area (Å²) in [6.07, 6.45) is 6.27. The van der Waals surface area contributed by atoms with Crippen molar-refractivity contribution in [3.63, 3.8) is 0 Å². The highest BCUT2D eigenvalue weighted by Gasteiger charge is 2.16. The summed E-state index contributed by atoms with van der Waals surface area (Å²) in [5.74, 6) is 4.36. The normalized spacial score (nSPS) is 11.1. The molecular weight excluding hydrogens is 262 g/mol. The van der Waals surface area contributed by atoms with Gasteiger partial charge in [-0.25, -0.2) is 0 Å². The average Bonchev–Trinajstić information content (AvgIpc) is 3.04. The van der Waals surface area contributed by atoms with Crippen molar-refractivity contribution < 1.29 is 4.42 Å². The maximum absolute atomic E-state index is 5.79. The number of hydrogen-bond donors (Lipinski definition) is 0. The van der Waals surface area contributed by atoms with Gasteiger partial charge in [-0.05, 0) is 18.1 Å². The minimum absolute atomic E-state index is 0.477. The number of rotatable bonds is 4. The van der Waals surface area contributed by atoms with Gasteiger partial charge in [-0.15, -0.1) is 16.6 Å². The average molecular weight is 279 g/mol. The molecule has 0 aliphatic carbocycles. The quantitative estimate of drug-likeness (QED) is 0.686. The van der Waals surface area contributed by atoms with Crippen molar-refractivity contribution >= 4 is 10.9 Å². The number of para-hydroxylation sites is 1. The van der Waals surface area contributed by atoms with Crippen LogP contribution in [0.3, 0.4) is 0 Å². The fourth-order valence-corrected chi connectivity index (χ4v) is 2.44. The van der Waals surface area contributed by atoms with Crippen LogP contribution in [0.4, 0.5) is 0 Å². The summed E-state index contributed by atoms with van der Waals surface area (Å²) in [5.41, 5.74) is 1.95. The van der Waals surface area contributed by atoms with E-state index in [1.54, 1.807) is 0 Å². The third kappa shape index (κ3) is 2.55. The molecule has 21 heavy (non-hydrogen) atoms. The van der Waals surface area contributed by atoms with E-state index in [2.05, 4.69) is 36.0 Å². The van der Waals surface area contributed by atoms with Gasteiger partial charge in [0.05, 0.1) is 6.54 Å². The number of fused-ring (bicyclic) bond motifs is 1. The molecule has 3 aromatic rings. The maximum atomic E-state index is 5.79. The van der Waals surface area contributed by atoms with Crippen LogP contribution in [0.1, 0.15) is 19.7 Å².